The van der Waals surface area contributed by atoms with Crippen LogP contribution in [0.25, 0.3) is 0 Å². The Labute approximate surface area is 125 Å². The zero-order chi connectivity index (χ0) is 15.4. The predicted octanol–water partition coefficient (Wildman–Crippen LogP) is 2.08. The number of nitrogens with one attached hydrogen (secondary N) is 1. The Balaban J connectivity index is 2.07. The Morgan fingerprint density at radius 2 is 2.00 bits per heavy atom. The van der Waals surface area contributed by atoms with E-state index in [-0.39, 0.29) is 11.6 Å². The summed E-state index contributed by atoms with van der Waals surface area (Å²) in [7, 11) is 0. The van der Waals surface area contributed by atoms with Gasteiger partial charge in [-0.3, -0.25) is 0 Å². The third kappa shape index (κ3) is 3.69. The van der Waals surface area contributed by atoms with Crippen LogP contribution >= 0.6 is 0 Å². The van der Waals surface area contributed by atoms with Crippen LogP contribution < -0.4 is 5.32 Å². The van der Waals surface area contributed by atoms with Gasteiger partial charge in [-0.15, -0.1) is 5.10 Å². The second-order valence-electron chi connectivity index (χ2n) is 5.70. The number of nitrogens with zero attached hydrogens (tertiary/aromatic N) is 3. The first-order chi connectivity index (χ1) is 10.0. The second-order valence-corrected chi connectivity index (χ2v) is 5.70. The van der Waals surface area contributed by atoms with Crippen LogP contribution in [0.2, 0.25) is 0 Å². The van der Waals surface area contributed by atoms with E-state index in [1.54, 1.807) is 13.8 Å². The number of carboxylic acids is 1. The van der Waals surface area contributed by atoms with Crippen LogP contribution in [0.1, 0.15) is 47.8 Å². The molecule has 0 bridgehead atoms. The largest absolute Gasteiger partial charge is 0.478 e. The van der Waals surface area contributed by atoms with Crippen LogP contribution in [-0.2, 0) is 0 Å². The lowest BCUT2D eigenvalue weighted by atomic mass is 10.0. The first-order valence-corrected chi connectivity index (χ1v) is 7.59. The number of carboxylic acid groups (broad SMARTS) is 1. The maximum Gasteiger partial charge on any atom is 0.339 e. The minimum absolute atomic E-state index is 0.249. The minimum Gasteiger partial charge on any atom is -0.478 e. The van der Waals surface area contributed by atoms with Crippen molar-refractivity contribution in [2.24, 2.45) is 0 Å². The molecule has 1 saturated heterocycles. The quantitative estimate of drug-likeness (QED) is 0.865. The monoisotopic (exact) mass is 292 g/mol. The standard InChI is InChI=1S/C15H24N4O2/c1-4-7-19-8-5-12(6-9-19)16-14-13(15(20)21)10(2)11(3)17-18-14/h12H,4-9H2,1-3H3,(H,16,18)(H,20,21). The Morgan fingerprint density at radius 3 is 2.57 bits per heavy atom. The van der Waals surface area contributed by atoms with Gasteiger partial charge in [0.15, 0.2) is 5.82 Å². The van der Waals surface area contributed by atoms with Gasteiger partial charge < -0.3 is 15.3 Å². The molecule has 1 aliphatic heterocycles. The number of hydrogen-bond acceptors (Lipinski definition) is 5. The van der Waals surface area contributed by atoms with E-state index in [0.29, 0.717) is 17.1 Å². The van der Waals surface area contributed by atoms with Crippen molar-refractivity contribution in [3.63, 3.8) is 0 Å². The van der Waals surface area contributed by atoms with Gasteiger partial charge in [-0.25, -0.2) is 4.79 Å². The summed E-state index contributed by atoms with van der Waals surface area (Å²) in [5, 5.41) is 20.8. The number of aromatic nitrogens is 2. The van der Waals surface area contributed by atoms with Crippen molar-refractivity contribution in [1.82, 2.24) is 15.1 Å². The van der Waals surface area contributed by atoms with E-state index in [0.717, 1.165) is 32.5 Å². The lowest BCUT2D eigenvalue weighted by Crippen LogP contribution is -2.39. The summed E-state index contributed by atoms with van der Waals surface area (Å²) < 4.78 is 0. The Hall–Kier alpha value is -1.69. The van der Waals surface area contributed by atoms with Gasteiger partial charge in [0.05, 0.1) is 5.69 Å². The van der Waals surface area contributed by atoms with Gasteiger partial charge in [0, 0.05) is 19.1 Å². The van der Waals surface area contributed by atoms with E-state index in [1.807, 2.05) is 0 Å². The van der Waals surface area contributed by atoms with Gasteiger partial charge in [0.1, 0.15) is 5.56 Å². The van der Waals surface area contributed by atoms with E-state index in [4.69, 9.17) is 0 Å². The fourth-order valence-electron chi connectivity index (χ4n) is 2.78. The molecular formula is C15H24N4O2. The molecule has 0 spiro atoms. The average molecular weight is 292 g/mol. The summed E-state index contributed by atoms with van der Waals surface area (Å²) in [4.78, 5) is 13.9. The summed E-state index contributed by atoms with van der Waals surface area (Å²) in [6.45, 7) is 8.98. The molecule has 2 rings (SSSR count). The lowest BCUT2D eigenvalue weighted by Gasteiger charge is -2.32. The van der Waals surface area contributed by atoms with Gasteiger partial charge in [-0.1, -0.05) is 6.92 Å². The van der Waals surface area contributed by atoms with E-state index in [9.17, 15) is 9.90 Å². The van der Waals surface area contributed by atoms with Gasteiger partial charge >= 0.3 is 5.97 Å². The first-order valence-electron chi connectivity index (χ1n) is 7.59. The van der Waals surface area contributed by atoms with Crippen molar-refractivity contribution >= 4 is 11.8 Å². The third-order valence-corrected chi connectivity index (χ3v) is 4.14. The van der Waals surface area contributed by atoms with Gasteiger partial charge in [0.2, 0.25) is 0 Å². The molecule has 2 heterocycles. The molecule has 0 aromatic carbocycles. The predicted molar refractivity (Wildman–Crippen MR) is 81.8 cm³/mol. The molecule has 1 aromatic rings. The van der Waals surface area contributed by atoms with Crippen molar-refractivity contribution in [2.75, 3.05) is 25.0 Å². The molecule has 0 amide bonds. The zero-order valence-electron chi connectivity index (χ0n) is 13.0. The van der Waals surface area contributed by atoms with Crippen LogP contribution in [-0.4, -0.2) is 51.8 Å². The molecule has 0 radical (unpaired) electrons. The maximum absolute atomic E-state index is 11.5. The average Bonchev–Trinajstić information content (AvgIpc) is 2.45. The van der Waals surface area contributed by atoms with Crippen LogP contribution in [0.15, 0.2) is 0 Å². The molecule has 0 unspecified atom stereocenters. The van der Waals surface area contributed by atoms with Crippen molar-refractivity contribution in [3.05, 3.63) is 16.8 Å². The summed E-state index contributed by atoms with van der Waals surface area (Å²) in [5.74, 6) is -0.545. The summed E-state index contributed by atoms with van der Waals surface area (Å²) in [5.41, 5.74) is 1.60. The highest BCUT2D eigenvalue weighted by Crippen LogP contribution is 2.22. The number of hydrogen-bond donors (Lipinski definition) is 2. The van der Waals surface area contributed by atoms with Gasteiger partial charge in [0.25, 0.3) is 0 Å². The highest BCUT2D eigenvalue weighted by molar-refractivity contribution is 5.94. The van der Waals surface area contributed by atoms with Crippen LogP contribution in [0.5, 0.6) is 0 Å². The summed E-state index contributed by atoms with van der Waals surface area (Å²) in [6.07, 6.45) is 3.19. The van der Waals surface area contributed by atoms with Crippen LogP contribution in [0.4, 0.5) is 5.82 Å². The Bertz CT molecular complexity index is 511. The van der Waals surface area contributed by atoms with Crippen molar-refractivity contribution in [2.45, 2.75) is 46.1 Å². The topological polar surface area (TPSA) is 78.3 Å². The fraction of sp³-hybridized carbons (Fsp3) is 0.667. The minimum atomic E-state index is -0.948. The Kier molecular flexibility index (Phi) is 5.12. The maximum atomic E-state index is 11.5. The van der Waals surface area contributed by atoms with Crippen molar-refractivity contribution < 1.29 is 9.90 Å². The summed E-state index contributed by atoms with van der Waals surface area (Å²) in [6, 6.07) is 0.271. The molecule has 2 N–H and O–H groups in total. The number of anilines is 1. The van der Waals surface area contributed by atoms with E-state index < -0.39 is 5.97 Å². The Morgan fingerprint density at radius 1 is 1.33 bits per heavy atom. The smallest absolute Gasteiger partial charge is 0.339 e. The number of carbonyl (C=O) groups is 1. The first kappa shape index (κ1) is 15.7. The van der Waals surface area contributed by atoms with Crippen molar-refractivity contribution in [1.29, 1.82) is 0 Å². The molecule has 1 aromatic heterocycles. The van der Waals surface area contributed by atoms with Gasteiger partial charge in [-0.05, 0) is 45.2 Å². The van der Waals surface area contributed by atoms with E-state index in [1.165, 1.54) is 6.42 Å². The van der Waals surface area contributed by atoms with Crippen LogP contribution in [0, 0.1) is 13.8 Å². The molecule has 21 heavy (non-hydrogen) atoms. The molecule has 6 heteroatoms. The fourth-order valence-corrected chi connectivity index (χ4v) is 2.78. The number of rotatable bonds is 5. The molecule has 1 aliphatic rings. The normalized spacial score (nSPS) is 16.9. The molecule has 0 aliphatic carbocycles. The number of piperidine rings is 1. The zero-order valence-corrected chi connectivity index (χ0v) is 13.0. The van der Waals surface area contributed by atoms with E-state index >= 15 is 0 Å². The third-order valence-electron chi connectivity index (χ3n) is 4.14. The number of likely N-dealkylation sites (tertiary alicyclic amines) is 1. The SMILES string of the molecule is CCCN1CCC(Nc2nnc(C)c(C)c2C(=O)O)CC1. The molecule has 6 nitrogen and oxygen atoms in total. The lowest BCUT2D eigenvalue weighted by molar-refractivity contribution is 0.0696. The molecule has 0 saturated carbocycles. The van der Waals surface area contributed by atoms with Gasteiger partial charge in [-0.2, -0.15) is 5.10 Å². The van der Waals surface area contributed by atoms with E-state index in [2.05, 4.69) is 27.3 Å². The highest BCUT2D eigenvalue weighted by Gasteiger charge is 2.23. The number of aromatic carboxylic acids is 1. The summed E-state index contributed by atoms with van der Waals surface area (Å²) >= 11 is 0. The molecule has 0 atom stereocenters. The molecule has 116 valence electrons. The molecular weight excluding hydrogens is 268 g/mol. The molecule has 1 fully saturated rings. The van der Waals surface area contributed by atoms with Crippen molar-refractivity contribution in [3.8, 4) is 0 Å². The highest BCUT2D eigenvalue weighted by atomic mass is 16.4. The number of aryl methyl sites for hydroxylation is 1. The van der Waals surface area contributed by atoms with Crippen LogP contribution in [0.3, 0.4) is 0 Å². The second kappa shape index (κ2) is 6.85.